The molecule has 1 aromatic carbocycles. The lowest BCUT2D eigenvalue weighted by Gasteiger charge is -2.26. The number of nitrogens with two attached hydrogens (primary N) is 1. The molecule has 0 spiro atoms. The van der Waals surface area contributed by atoms with Gasteiger partial charge in [0.25, 0.3) is 0 Å². The van der Waals surface area contributed by atoms with Crippen molar-refractivity contribution in [2.75, 3.05) is 25.5 Å². The number of benzene rings is 1. The van der Waals surface area contributed by atoms with Crippen molar-refractivity contribution in [2.24, 2.45) is 0 Å². The van der Waals surface area contributed by atoms with Crippen LogP contribution in [0.25, 0.3) is 16.5 Å². The van der Waals surface area contributed by atoms with Crippen molar-refractivity contribution >= 4 is 33.6 Å². The van der Waals surface area contributed by atoms with Gasteiger partial charge >= 0.3 is 0 Å². The van der Waals surface area contributed by atoms with Gasteiger partial charge in [0.1, 0.15) is 0 Å². The zero-order valence-corrected chi connectivity index (χ0v) is 16.5. The van der Waals surface area contributed by atoms with E-state index < -0.39 is 0 Å². The van der Waals surface area contributed by atoms with Crippen molar-refractivity contribution in [2.45, 2.75) is 26.2 Å². The van der Waals surface area contributed by atoms with Gasteiger partial charge < -0.3 is 5.84 Å². The largest absolute Gasteiger partial charge is 0.339 e. The molecule has 3 aromatic rings. The fraction of sp³-hybridized carbons (Fsp3) is 0.318. The lowest BCUT2D eigenvalue weighted by atomic mass is 9.97. The number of hydrogen-bond acceptors (Lipinski definition) is 4. The zero-order chi connectivity index (χ0) is 18.8. The van der Waals surface area contributed by atoms with Gasteiger partial charge in [-0.15, -0.1) is 11.3 Å². The third-order valence-corrected chi connectivity index (χ3v) is 6.18. The first-order valence-electron chi connectivity index (χ1n) is 9.57. The second-order valence-electron chi connectivity index (χ2n) is 7.12. The molecular formula is C22H25N3OS. The smallest absolute Gasteiger partial charge is 0.202 e. The molecule has 0 fully saturated rings. The monoisotopic (exact) mass is 379 g/mol. The maximum Gasteiger partial charge on any atom is 0.202 e. The van der Waals surface area contributed by atoms with E-state index >= 15 is 0 Å². The predicted molar refractivity (Wildman–Crippen MR) is 114 cm³/mol. The quantitative estimate of drug-likeness (QED) is 0.505. The average Bonchev–Trinajstić information content (AvgIpc) is 3.35. The molecule has 3 heterocycles. The van der Waals surface area contributed by atoms with Gasteiger partial charge in [0, 0.05) is 35.8 Å². The van der Waals surface area contributed by atoms with Crippen LogP contribution in [0.1, 0.15) is 47.0 Å². The van der Waals surface area contributed by atoms with E-state index in [1.807, 2.05) is 41.9 Å². The molecule has 4 nitrogen and oxygen atoms in total. The summed E-state index contributed by atoms with van der Waals surface area (Å²) in [6.45, 7) is 5.46. The van der Waals surface area contributed by atoms with E-state index in [-0.39, 0.29) is 5.78 Å². The first-order valence-corrected chi connectivity index (χ1v) is 10.5. The summed E-state index contributed by atoms with van der Waals surface area (Å²) in [5.74, 6) is 6.27. The summed E-state index contributed by atoms with van der Waals surface area (Å²) in [4.78, 5) is 16.0. The molecule has 27 heavy (non-hydrogen) atoms. The van der Waals surface area contributed by atoms with E-state index in [0.29, 0.717) is 0 Å². The number of hydrogen-bond donors (Lipinski definition) is 1. The van der Waals surface area contributed by atoms with Crippen LogP contribution in [0.2, 0.25) is 0 Å². The Bertz CT molecular complexity index is 985. The standard InChI is InChI=1S/C22H25N3OS/c1-2-3-10-24-11-8-16(9-12-24)19-15-25(23)20-7-6-17(14-18(19)20)22(26)21-5-4-13-27-21/h4-8,13-15H,2-3,9-12,23H2,1H3. The van der Waals surface area contributed by atoms with Crippen molar-refractivity contribution in [3.8, 4) is 0 Å². The molecule has 1 aliphatic heterocycles. The molecule has 0 saturated heterocycles. The fourth-order valence-corrected chi connectivity index (χ4v) is 4.43. The lowest BCUT2D eigenvalue weighted by molar-refractivity contribution is 0.104. The Balaban J connectivity index is 1.66. The molecule has 5 heteroatoms. The number of nitrogens with zero attached hydrogens (tertiary/aromatic N) is 2. The van der Waals surface area contributed by atoms with Crippen LogP contribution in [-0.4, -0.2) is 35.0 Å². The molecule has 0 atom stereocenters. The number of unbranched alkanes of at least 4 members (excludes halogenated alkanes) is 1. The van der Waals surface area contributed by atoms with Crippen LogP contribution in [0.5, 0.6) is 0 Å². The van der Waals surface area contributed by atoms with E-state index in [1.165, 1.54) is 36.3 Å². The third kappa shape index (κ3) is 3.57. The van der Waals surface area contributed by atoms with Crippen LogP contribution < -0.4 is 5.84 Å². The molecule has 0 amide bonds. The number of nitrogen functional groups attached to an aromatic ring is 1. The predicted octanol–water partition coefficient (Wildman–Crippen LogP) is 4.54. The average molecular weight is 380 g/mol. The molecule has 1 aliphatic rings. The Hall–Kier alpha value is -2.37. The highest BCUT2D eigenvalue weighted by molar-refractivity contribution is 7.12. The number of rotatable bonds is 6. The van der Waals surface area contributed by atoms with Gasteiger partial charge in [-0.2, -0.15) is 0 Å². The minimum Gasteiger partial charge on any atom is -0.339 e. The van der Waals surface area contributed by atoms with Crippen LogP contribution in [-0.2, 0) is 0 Å². The van der Waals surface area contributed by atoms with Gasteiger partial charge in [-0.1, -0.05) is 25.5 Å². The second-order valence-corrected chi connectivity index (χ2v) is 8.07. The van der Waals surface area contributed by atoms with Gasteiger partial charge in [0.05, 0.1) is 10.4 Å². The normalized spacial score (nSPS) is 15.2. The molecule has 0 radical (unpaired) electrons. The van der Waals surface area contributed by atoms with E-state index in [0.717, 1.165) is 46.4 Å². The Morgan fingerprint density at radius 3 is 2.89 bits per heavy atom. The van der Waals surface area contributed by atoms with Gasteiger partial charge in [0.15, 0.2) is 0 Å². The van der Waals surface area contributed by atoms with E-state index in [2.05, 4.69) is 17.9 Å². The number of aromatic nitrogens is 1. The van der Waals surface area contributed by atoms with Crippen LogP contribution in [0.15, 0.2) is 48.0 Å². The maximum absolute atomic E-state index is 12.7. The maximum atomic E-state index is 12.7. The molecule has 0 aliphatic carbocycles. The molecule has 4 rings (SSSR count). The summed E-state index contributed by atoms with van der Waals surface area (Å²) in [5, 5.41) is 3.00. The number of carbonyl (C=O) groups excluding carboxylic acids is 1. The molecule has 2 N–H and O–H groups in total. The van der Waals surface area contributed by atoms with Crippen molar-refractivity contribution in [3.63, 3.8) is 0 Å². The van der Waals surface area contributed by atoms with Gasteiger partial charge in [-0.25, -0.2) is 0 Å². The number of fused-ring (bicyclic) bond motifs is 1. The first-order chi connectivity index (χ1) is 13.2. The zero-order valence-electron chi connectivity index (χ0n) is 15.6. The van der Waals surface area contributed by atoms with E-state index in [1.54, 1.807) is 4.68 Å². The molecule has 2 aromatic heterocycles. The highest BCUT2D eigenvalue weighted by Gasteiger charge is 2.18. The second kappa shape index (κ2) is 7.71. The van der Waals surface area contributed by atoms with Gasteiger partial charge in [-0.3, -0.25) is 14.4 Å². The Labute approximate surface area is 163 Å². The minimum absolute atomic E-state index is 0.0750. The number of ketones is 1. The Morgan fingerprint density at radius 1 is 1.30 bits per heavy atom. The molecule has 0 saturated carbocycles. The molecule has 0 unspecified atom stereocenters. The van der Waals surface area contributed by atoms with E-state index in [4.69, 9.17) is 5.84 Å². The van der Waals surface area contributed by atoms with Crippen molar-refractivity contribution < 1.29 is 4.79 Å². The molecule has 140 valence electrons. The summed E-state index contributed by atoms with van der Waals surface area (Å²) < 4.78 is 1.67. The first kappa shape index (κ1) is 18.0. The minimum atomic E-state index is 0.0750. The van der Waals surface area contributed by atoms with Crippen LogP contribution >= 0.6 is 11.3 Å². The summed E-state index contributed by atoms with van der Waals surface area (Å²) in [6.07, 6.45) is 7.82. The van der Waals surface area contributed by atoms with Crippen molar-refractivity contribution in [3.05, 3.63) is 64.0 Å². The third-order valence-electron chi connectivity index (χ3n) is 5.31. The highest BCUT2D eigenvalue weighted by Crippen LogP contribution is 2.31. The molecular weight excluding hydrogens is 354 g/mol. The van der Waals surface area contributed by atoms with Crippen LogP contribution in [0.3, 0.4) is 0 Å². The summed E-state index contributed by atoms with van der Waals surface area (Å²) in [5.41, 5.74) is 4.17. The summed E-state index contributed by atoms with van der Waals surface area (Å²) in [7, 11) is 0. The topological polar surface area (TPSA) is 51.3 Å². The Morgan fingerprint density at radius 2 is 2.19 bits per heavy atom. The number of carbonyl (C=O) groups is 1. The van der Waals surface area contributed by atoms with Crippen molar-refractivity contribution in [1.29, 1.82) is 0 Å². The molecule has 0 bridgehead atoms. The van der Waals surface area contributed by atoms with Crippen LogP contribution in [0.4, 0.5) is 0 Å². The van der Waals surface area contributed by atoms with Crippen LogP contribution in [0, 0.1) is 0 Å². The van der Waals surface area contributed by atoms with Gasteiger partial charge in [0.2, 0.25) is 5.78 Å². The highest BCUT2D eigenvalue weighted by atomic mass is 32.1. The fourth-order valence-electron chi connectivity index (χ4n) is 3.74. The summed E-state index contributed by atoms with van der Waals surface area (Å²) >= 11 is 1.48. The number of thiophene rings is 1. The SMILES string of the molecule is CCCCN1CC=C(c2cn(N)c3ccc(C(=O)c4cccs4)cc23)CC1. The Kier molecular flexibility index (Phi) is 5.14. The van der Waals surface area contributed by atoms with E-state index in [9.17, 15) is 4.79 Å². The summed E-state index contributed by atoms with van der Waals surface area (Å²) in [6, 6.07) is 9.62. The van der Waals surface area contributed by atoms with Gasteiger partial charge in [-0.05, 0) is 54.6 Å². The van der Waals surface area contributed by atoms with Crippen molar-refractivity contribution in [1.82, 2.24) is 9.58 Å². The lowest BCUT2D eigenvalue weighted by Crippen LogP contribution is -2.29.